The number of benzene rings is 1. The molecule has 3 aliphatic carbocycles. The van der Waals surface area contributed by atoms with Crippen molar-refractivity contribution in [3.05, 3.63) is 29.3 Å². The van der Waals surface area contributed by atoms with Gasteiger partial charge in [-0.25, -0.2) is 8.42 Å². The second-order valence-corrected chi connectivity index (χ2v) is 11.7. The monoisotopic (exact) mass is 604 g/mol. The fourth-order valence-electron chi connectivity index (χ4n) is 7.22. The van der Waals surface area contributed by atoms with Crippen LogP contribution in [0, 0.1) is 17.3 Å². The normalized spacial score (nSPS) is 40.0. The van der Waals surface area contributed by atoms with E-state index in [-0.39, 0.29) is 126 Å². The third-order valence-electron chi connectivity index (χ3n) is 8.91. The molecule has 200 valence electrons. The molecule has 5 rings (SSSR count). The van der Waals surface area contributed by atoms with Gasteiger partial charge in [-0.05, 0) is 85.0 Å². The van der Waals surface area contributed by atoms with E-state index in [9.17, 15) is 38.2 Å². The van der Waals surface area contributed by atoms with E-state index in [1.807, 2.05) is 6.07 Å². The predicted molar refractivity (Wildman–Crippen MR) is 118 cm³/mol. The van der Waals surface area contributed by atoms with E-state index in [4.69, 9.17) is 9.47 Å². The number of aliphatic hydroxyl groups excluding tert-OH is 3. The summed E-state index contributed by atoms with van der Waals surface area (Å²) in [7, 11) is -4.84. The summed E-state index contributed by atoms with van der Waals surface area (Å²) in [6.07, 6.45) is -3.96. The van der Waals surface area contributed by atoms with Gasteiger partial charge in [0.2, 0.25) is 0 Å². The number of hydrogen-bond donors (Lipinski definition) is 3. The molecule has 38 heavy (non-hydrogen) atoms. The molecule has 1 aromatic carbocycles. The first kappa shape index (κ1) is 34.0. The molecule has 1 aliphatic heterocycles. The zero-order chi connectivity index (χ0) is 26.0. The molecule has 1 saturated heterocycles. The summed E-state index contributed by atoms with van der Waals surface area (Å²) in [6.45, 7) is 2.13. The Morgan fingerprint density at radius 1 is 1.08 bits per heavy atom. The van der Waals surface area contributed by atoms with E-state index in [0.717, 1.165) is 36.8 Å². The number of aryl methyl sites for hydroxylation is 1. The van der Waals surface area contributed by atoms with Crippen molar-refractivity contribution >= 4 is 16.4 Å². The van der Waals surface area contributed by atoms with Crippen LogP contribution in [0.2, 0.25) is 0 Å². The minimum absolute atomic E-state index is 0. The molecule has 0 unspecified atom stereocenters. The zero-order valence-electron chi connectivity index (χ0n) is 21.7. The fourth-order valence-corrected chi connectivity index (χ4v) is 7.56. The number of aliphatic carboxylic acids is 1. The van der Waals surface area contributed by atoms with Crippen molar-refractivity contribution in [2.45, 2.75) is 88.2 Å². The summed E-state index contributed by atoms with van der Waals surface area (Å²) in [4.78, 5) is 11.3. The molecule has 2 saturated carbocycles. The standard InChI is InChI=1S/C24H32O11S.2K/c1-24-9-8-14-13-5-3-12(35-36(30,31)32)10-11(13)2-4-15(14)16(24)6-7-17(24)33-23-20(27)18(25)19(26)21(34-23)22(28)29;;/h3,5,10,14-21,23,25-27H,2,4,6-9H2,1H3,(H,28,29)(H,30,31,32);;/q;2*+1/p-2/t14-,15-,16+,17+,18+,19+,20-,21+,23-,24+;;/m1../s1. The van der Waals surface area contributed by atoms with Crippen molar-refractivity contribution < 1.29 is 155 Å². The summed E-state index contributed by atoms with van der Waals surface area (Å²) in [5, 5.41) is 41.8. The molecule has 0 amide bonds. The maximum Gasteiger partial charge on any atom is 1.00 e. The average molecular weight is 605 g/mol. The summed E-state index contributed by atoms with van der Waals surface area (Å²) < 4.78 is 48.8. The molecule has 4 aliphatic rings. The number of rotatable bonds is 5. The Bertz CT molecular complexity index is 1130. The number of hydrogen-bond acceptors (Lipinski definition) is 11. The Morgan fingerprint density at radius 2 is 1.79 bits per heavy atom. The van der Waals surface area contributed by atoms with Crippen LogP contribution in [0.25, 0.3) is 0 Å². The number of carboxylic acids is 1. The molecule has 3 fully saturated rings. The molecule has 11 nitrogen and oxygen atoms in total. The molecule has 14 heteroatoms. The fraction of sp³-hybridized carbons (Fsp3) is 0.708. The quantitative estimate of drug-likeness (QED) is 0.165. The van der Waals surface area contributed by atoms with Gasteiger partial charge in [-0.3, -0.25) is 0 Å². The van der Waals surface area contributed by atoms with Crippen molar-refractivity contribution in [1.29, 1.82) is 0 Å². The largest absolute Gasteiger partial charge is 1.00 e. The smallest absolute Gasteiger partial charge is 0.716 e. The number of carboxylic acid groups (broad SMARTS) is 1. The Labute approximate surface area is 306 Å². The third-order valence-corrected chi connectivity index (χ3v) is 9.31. The summed E-state index contributed by atoms with van der Waals surface area (Å²) in [5.74, 6) is -0.772. The van der Waals surface area contributed by atoms with Gasteiger partial charge in [0.1, 0.15) is 30.2 Å². The van der Waals surface area contributed by atoms with Crippen molar-refractivity contribution in [1.82, 2.24) is 0 Å². The van der Waals surface area contributed by atoms with Crippen molar-refractivity contribution in [2.24, 2.45) is 17.3 Å². The second kappa shape index (κ2) is 13.0. The van der Waals surface area contributed by atoms with Crippen LogP contribution in [0.15, 0.2) is 18.2 Å². The van der Waals surface area contributed by atoms with Crippen LogP contribution in [-0.2, 0) is 31.1 Å². The van der Waals surface area contributed by atoms with Crippen LogP contribution >= 0.6 is 0 Å². The number of aliphatic hydroxyl groups is 3. The van der Waals surface area contributed by atoms with Gasteiger partial charge in [0.15, 0.2) is 6.29 Å². The van der Waals surface area contributed by atoms with E-state index in [1.54, 1.807) is 6.07 Å². The summed E-state index contributed by atoms with van der Waals surface area (Å²) >= 11 is 0. The Kier molecular flexibility index (Phi) is 11.6. The van der Waals surface area contributed by atoms with E-state index in [1.165, 1.54) is 6.07 Å². The molecule has 10 atom stereocenters. The van der Waals surface area contributed by atoms with Crippen LogP contribution < -0.4 is 112 Å². The van der Waals surface area contributed by atoms with Gasteiger partial charge >= 0.3 is 103 Å². The summed E-state index contributed by atoms with van der Waals surface area (Å²) in [6, 6.07) is 4.99. The third kappa shape index (κ3) is 6.51. The molecule has 0 radical (unpaired) electrons. The molecule has 0 spiro atoms. The molecule has 0 bridgehead atoms. The van der Waals surface area contributed by atoms with Crippen LogP contribution in [0.5, 0.6) is 5.75 Å². The van der Waals surface area contributed by atoms with Crippen LogP contribution in [0.3, 0.4) is 0 Å². The van der Waals surface area contributed by atoms with Gasteiger partial charge in [-0.2, -0.15) is 0 Å². The minimum atomic E-state index is -4.84. The SMILES string of the molecule is C[C@]12CC[C@@H]3c4ccc(OS(=O)(=O)[O-])cc4CC[C@H]3[C@@H]1CC[C@@H]2O[C@@H]1O[C@H](C(=O)[O-])[C@@H](O)[C@H](O)[C@H]1O.[K+].[K+]. The molecule has 0 aromatic heterocycles. The van der Waals surface area contributed by atoms with Crippen molar-refractivity contribution in [2.75, 3.05) is 0 Å². The number of fused-ring (bicyclic) bond motifs is 5. The second-order valence-electron chi connectivity index (χ2n) is 10.7. The van der Waals surface area contributed by atoms with Crippen molar-refractivity contribution in [3.8, 4) is 5.75 Å². The maximum atomic E-state index is 11.3. The van der Waals surface area contributed by atoms with Gasteiger partial charge in [0, 0.05) is 0 Å². The summed E-state index contributed by atoms with van der Waals surface area (Å²) in [5.41, 5.74) is 1.85. The van der Waals surface area contributed by atoms with E-state index in [2.05, 4.69) is 11.1 Å². The molecule has 3 N–H and O–H groups in total. The topological polar surface area (TPSA) is 186 Å². The zero-order valence-corrected chi connectivity index (χ0v) is 28.7. The number of carbonyl (C=O) groups is 1. The van der Waals surface area contributed by atoms with Crippen LogP contribution in [-0.4, -0.2) is 71.1 Å². The van der Waals surface area contributed by atoms with E-state index in [0.29, 0.717) is 24.7 Å². The minimum Gasteiger partial charge on any atom is -0.716 e. The first-order valence-electron chi connectivity index (χ1n) is 12.2. The van der Waals surface area contributed by atoms with Gasteiger partial charge in [-0.15, -0.1) is 0 Å². The van der Waals surface area contributed by atoms with E-state index >= 15 is 0 Å². The first-order chi connectivity index (χ1) is 16.9. The first-order valence-corrected chi connectivity index (χ1v) is 13.6. The maximum absolute atomic E-state index is 11.3. The van der Waals surface area contributed by atoms with Gasteiger partial charge in [0.05, 0.1) is 12.1 Å². The van der Waals surface area contributed by atoms with Crippen molar-refractivity contribution in [3.63, 3.8) is 0 Å². The molecule has 1 heterocycles. The predicted octanol–water partition coefficient (Wildman–Crippen LogP) is -6.67. The molecular weight excluding hydrogens is 575 g/mol. The number of carbonyl (C=O) groups excluding carboxylic acids is 1. The van der Waals surface area contributed by atoms with Gasteiger partial charge < -0.3 is 43.4 Å². The van der Waals surface area contributed by atoms with Gasteiger partial charge in [0.25, 0.3) is 10.4 Å². The Morgan fingerprint density at radius 3 is 2.45 bits per heavy atom. The van der Waals surface area contributed by atoms with Crippen LogP contribution in [0.4, 0.5) is 0 Å². The van der Waals surface area contributed by atoms with E-state index < -0.39 is 47.1 Å². The average Bonchev–Trinajstić information content (AvgIpc) is 3.13. The molecule has 1 aromatic rings. The Hall–Kier alpha value is 1.47. The Balaban J connectivity index is 0.00000200. The molecular formula is C24H30K2O11S. The van der Waals surface area contributed by atoms with Gasteiger partial charge in [-0.1, -0.05) is 13.0 Å². The van der Waals surface area contributed by atoms with Crippen LogP contribution in [0.1, 0.15) is 56.1 Å². The number of ether oxygens (including phenoxy) is 2.